The number of aromatic nitrogens is 1. The van der Waals surface area contributed by atoms with Crippen molar-refractivity contribution in [1.29, 1.82) is 0 Å². The van der Waals surface area contributed by atoms with Crippen LogP contribution in [0.4, 0.5) is 0 Å². The van der Waals surface area contributed by atoms with Crippen molar-refractivity contribution in [3.05, 3.63) is 42.1 Å². The lowest BCUT2D eigenvalue weighted by Gasteiger charge is -1.89. The maximum atomic E-state index is 3.79. The Morgan fingerprint density at radius 2 is 1.86 bits per heavy atom. The third-order valence-electron chi connectivity index (χ3n) is 2.15. The van der Waals surface area contributed by atoms with Crippen LogP contribution >= 0.6 is 0 Å². The Labute approximate surface area is 85.5 Å². The molecule has 0 aliphatic rings. The number of para-hydroxylation sites is 1. The van der Waals surface area contributed by atoms with E-state index in [1.807, 2.05) is 32.1 Å². The number of nitrogens with one attached hydrogen (secondary N) is 1. The highest BCUT2D eigenvalue weighted by Gasteiger charge is 2.02. The summed E-state index contributed by atoms with van der Waals surface area (Å²) in [5.74, 6) is 0. The molecule has 1 aromatic heterocycles. The fourth-order valence-electron chi connectivity index (χ4n) is 1.56. The minimum Gasteiger partial charge on any atom is -0.358 e. The summed E-state index contributed by atoms with van der Waals surface area (Å²) in [6, 6.07) is 8.26. The van der Waals surface area contributed by atoms with Crippen molar-refractivity contribution in [2.45, 2.75) is 20.8 Å². The van der Waals surface area contributed by atoms with Crippen molar-refractivity contribution in [2.75, 3.05) is 0 Å². The normalized spacial score (nSPS) is 9.36. The third kappa shape index (κ3) is 1.72. The molecule has 0 aliphatic heterocycles. The monoisotopic (exact) mass is 187 g/mol. The molecule has 1 heterocycles. The molecule has 1 aromatic carbocycles. The van der Waals surface area contributed by atoms with E-state index in [1.54, 1.807) is 0 Å². The highest BCUT2D eigenvalue weighted by atomic mass is 14.7. The molecule has 1 nitrogen and oxygen atoms in total. The quantitative estimate of drug-likeness (QED) is 0.690. The summed E-state index contributed by atoms with van der Waals surface area (Å²) in [6.45, 7) is 9.86. The Morgan fingerprint density at radius 3 is 2.50 bits per heavy atom. The van der Waals surface area contributed by atoms with Crippen molar-refractivity contribution in [3.8, 4) is 0 Å². The van der Waals surface area contributed by atoms with Gasteiger partial charge in [-0.3, -0.25) is 0 Å². The van der Waals surface area contributed by atoms with Crippen molar-refractivity contribution in [2.24, 2.45) is 0 Å². The van der Waals surface area contributed by atoms with E-state index in [0.29, 0.717) is 0 Å². The molecule has 0 radical (unpaired) electrons. The number of hydrogen-bond donors (Lipinski definition) is 1. The number of rotatable bonds is 1. The van der Waals surface area contributed by atoms with E-state index in [9.17, 15) is 0 Å². The second-order valence-electron chi connectivity index (χ2n) is 2.91. The van der Waals surface area contributed by atoms with Gasteiger partial charge in [-0.25, -0.2) is 0 Å². The van der Waals surface area contributed by atoms with Crippen LogP contribution in [-0.2, 0) is 0 Å². The van der Waals surface area contributed by atoms with E-state index < -0.39 is 0 Å². The highest BCUT2D eigenvalue weighted by Crippen LogP contribution is 2.22. The van der Waals surface area contributed by atoms with Crippen LogP contribution in [0.2, 0.25) is 0 Å². The maximum absolute atomic E-state index is 3.79. The predicted octanol–water partition coefficient (Wildman–Crippen LogP) is 4.15. The third-order valence-corrected chi connectivity index (χ3v) is 2.15. The molecule has 74 valence electrons. The van der Waals surface area contributed by atoms with Gasteiger partial charge in [0, 0.05) is 22.2 Å². The summed E-state index contributed by atoms with van der Waals surface area (Å²) in [6.07, 6.45) is 1.90. The zero-order chi connectivity index (χ0) is 10.6. The van der Waals surface area contributed by atoms with E-state index in [0.717, 1.165) is 0 Å². The smallest absolute Gasteiger partial charge is 0.0462 e. The van der Waals surface area contributed by atoms with E-state index in [-0.39, 0.29) is 0 Å². The van der Waals surface area contributed by atoms with Crippen LogP contribution < -0.4 is 0 Å². The van der Waals surface area contributed by atoms with Crippen LogP contribution in [0.1, 0.15) is 25.1 Å². The highest BCUT2D eigenvalue weighted by molar-refractivity contribution is 5.90. The topological polar surface area (TPSA) is 15.8 Å². The van der Waals surface area contributed by atoms with Crippen LogP contribution in [-0.4, -0.2) is 4.98 Å². The van der Waals surface area contributed by atoms with Gasteiger partial charge in [0.15, 0.2) is 0 Å². The minimum absolute atomic E-state index is 1.19. The SMILES string of the molecule is C=Cc1c(C)[nH]c2ccccc12.CC. The van der Waals surface area contributed by atoms with Gasteiger partial charge in [-0.2, -0.15) is 0 Å². The van der Waals surface area contributed by atoms with Crippen LogP contribution in [0.5, 0.6) is 0 Å². The van der Waals surface area contributed by atoms with Crippen molar-refractivity contribution in [3.63, 3.8) is 0 Å². The first-order valence-corrected chi connectivity index (χ1v) is 5.02. The van der Waals surface area contributed by atoms with Gasteiger partial charge in [0.2, 0.25) is 0 Å². The maximum Gasteiger partial charge on any atom is 0.0462 e. The first kappa shape index (κ1) is 10.6. The van der Waals surface area contributed by atoms with Gasteiger partial charge < -0.3 is 4.98 Å². The number of aryl methyl sites for hydroxylation is 1. The summed E-state index contributed by atoms with van der Waals surface area (Å²) < 4.78 is 0. The summed E-state index contributed by atoms with van der Waals surface area (Å²) in [7, 11) is 0. The Balaban J connectivity index is 0.000000461. The molecular weight excluding hydrogens is 170 g/mol. The molecule has 0 saturated heterocycles. The van der Waals surface area contributed by atoms with E-state index in [1.165, 1.54) is 22.2 Å². The van der Waals surface area contributed by atoms with E-state index in [4.69, 9.17) is 0 Å². The molecule has 0 fully saturated rings. The molecule has 0 spiro atoms. The molecule has 14 heavy (non-hydrogen) atoms. The average molecular weight is 187 g/mol. The molecule has 0 bridgehead atoms. The van der Waals surface area contributed by atoms with Gasteiger partial charge >= 0.3 is 0 Å². The first-order valence-electron chi connectivity index (χ1n) is 5.02. The van der Waals surface area contributed by atoms with Gasteiger partial charge in [0.25, 0.3) is 0 Å². The lowest BCUT2D eigenvalue weighted by molar-refractivity contribution is 1.29. The minimum atomic E-state index is 1.19. The number of fused-ring (bicyclic) bond motifs is 1. The second-order valence-corrected chi connectivity index (χ2v) is 2.91. The fraction of sp³-hybridized carbons (Fsp3) is 0.231. The summed E-state index contributed by atoms with van der Waals surface area (Å²) in [5, 5.41) is 1.25. The molecule has 2 aromatic rings. The zero-order valence-corrected chi connectivity index (χ0v) is 9.09. The Morgan fingerprint density at radius 1 is 1.21 bits per heavy atom. The van der Waals surface area contributed by atoms with Crippen LogP contribution in [0.25, 0.3) is 17.0 Å². The van der Waals surface area contributed by atoms with Crippen molar-refractivity contribution in [1.82, 2.24) is 4.98 Å². The number of aromatic amines is 1. The molecule has 0 atom stereocenters. The van der Waals surface area contributed by atoms with Gasteiger partial charge in [0.05, 0.1) is 0 Å². The predicted molar refractivity (Wildman–Crippen MR) is 64.5 cm³/mol. The summed E-state index contributed by atoms with van der Waals surface area (Å²) in [4.78, 5) is 3.31. The van der Waals surface area contributed by atoms with Gasteiger partial charge in [0.1, 0.15) is 0 Å². The number of H-pyrrole nitrogens is 1. The van der Waals surface area contributed by atoms with Gasteiger partial charge in [-0.05, 0) is 13.0 Å². The lowest BCUT2D eigenvalue weighted by atomic mass is 10.1. The van der Waals surface area contributed by atoms with E-state index in [2.05, 4.69) is 30.6 Å². The Hall–Kier alpha value is -1.50. The van der Waals surface area contributed by atoms with E-state index >= 15 is 0 Å². The van der Waals surface area contributed by atoms with Crippen LogP contribution in [0.15, 0.2) is 30.8 Å². The molecule has 0 unspecified atom stereocenters. The van der Waals surface area contributed by atoms with Crippen molar-refractivity contribution >= 4 is 17.0 Å². The standard InChI is InChI=1S/C11H11N.C2H6/c1-3-9-8(2)12-11-7-5-4-6-10(9)11;1-2/h3-7,12H,1H2,2H3;1-2H3. The Bertz CT molecular complexity index is 424. The van der Waals surface area contributed by atoms with Gasteiger partial charge in [-0.1, -0.05) is 44.7 Å². The molecule has 0 saturated carbocycles. The number of hydrogen-bond acceptors (Lipinski definition) is 0. The summed E-state index contributed by atoms with van der Waals surface area (Å²) in [5.41, 5.74) is 3.58. The van der Waals surface area contributed by atoms with Crippen LogP contribution in [0.3, 0.4) is 0 Å². The lowest BCUT2D eigenvalue weighted by Crippen LogP contribution is -1.71. The first-order chi connectivity index (χ1) is 6.83. The average Bonchev–Trinajstić information content (AvgIpc) is 2.56. The van der Waals surface area contributed by atoms with Crippen molar-refractivity contribution < 1.29 is 0 Å². The molecule has 0 aliphatic carbocycles. The number of benzene rings is 1. The fourth-order valence-corrected chi connectivity index (χ4v) is 1.56. The largest absolute Gasteiger partial charge is 0.358 e. The molecule has 0 amide bonds. The molecule has 1 heteroatoms. The van der Waals surface area contributed by atoms with Crippen LogP contribution in [0, 0.1) is 6.92 Å². The second kappa shape index (κ2) is 4.66. The zero-order valence-electron chi connectivity index (χ0n) is 9.09. The Kier molecular flexibility index (Phi) is 3.52. The summed E-state index contributed by atoms with van der Waals surface area (Å²) >= 11 is 0. The molecule has 1 N–H and O–H groups in total. The molecule has 2 rings (SSSR count). The van der Waals surface area contributed by atoms with Gasteiger partial charge in [-0.15, -0.1) is 0 Å². The molecular formula is C13H17N.